The Morgan fingerprint density at radius 1 is 0.714 bits per heavy atom. The fraction of sp³-hybridized carbons (Fsp3) is 0.163. The molecule has 0 N–H and O–H groups in total. The van der Waals surface area contributed by atoms with Crippen LogP contribution in [0.25, 0.3) is 55.5 Å². The summed E-state index contributed by atoms with van der Waals surface area (Å²) in [5.41, 5.74) is 8.78. The van der Waals surface area contributed by atoms with E-state index in [0.29, 0.717) is 17.4 Å². The summed E-state index contributed by atoms with van der Waals surface area (Å²) in [6.45, 7) is 11.1. The van der Waals surface area contributed by atoms with Crippen LogP contribution in [0, 0.1) is 12.1 Å². The molecule has 3 heterocycles. The van der Waals surface area contributed by atoms with E-state index in [4.69, 9.17) is 9.72 Å². The maximum atomic E-state index is 6.49. The van der Waals surface area contributed by atoms with Crippen LogP contribution in [0.4, 0.5) is 0 Å². The molecule has 0 fully saturated rings. The molecule has 0 saturated carbocycles. The van der Waals surface area contributed by atoms with Gasteiger partial charge in [-0.25, -0.2) is 14.1 Å². The van der Waals surface area contributed by atoms with E-state index >= 15 is 0 Å². The van der Waals surface area contributed by atoms with Gasteiger partial charge in [0.25, 0.3) is 0 Å². The number of ether oxygens (including phenoxy) is 1. The fourth-order valence-corrected chi connectivity index (χ4v) is 6.74. The number of imidazole rings is 1. The minimum Gasteiger partial charge on any atom is -0.508 e. The molecule has 0 saturated heterocycles. The van der Waals surface area contributed by atoms with Gasteiger partial charge in [0.1, 0.15) is 5.82 Å². The second kappa shape index (κ2) is 12.8. The van der Waals surface area contributed by atoms with Crippen LogP contribution in [-0.4, -0.2) is 18.7 Å². The molecular formula is C43H37N4OPt-. The molecule has 0 aliphatic carbocycles. The topological polar surface area (TPSA) is 36.9 Å². The van der Waals surface area contributed by atoms with E-state index in [0.717, 1.165) is 44.4 Å². The summed E-state index contributed by atoms with van der Waals surface area (Å²) in [6.07, 6.45) is 4.05. The van der Waals surface area contributed by atoms with Gasteiger partial charge in [0.2, 0.25) is 0 Å². The third-order valence-electron chi connectivity index (χ3n) is 9.01. The SMILES string of the molecule is CC(C)c1ccccc1-c1ccnc(-n2c3[c-]c(Oc4[c-]c(-n5[cH+]n(C(C)(C)C)c6ccccc65)ccc4)ccc3c3ccccc32)c1.[Pt]. The van der Waals surface area contributed by atoms with E-state index in [1.165, 1.54) is 16.6 Å². The third-order valence-corrected chi connectivity index (χ3v) is 9.01. The summed E-state index contributed by atoms with van der Waals surface area (Å²) in [6, 6.07) is 47.0. The maximum Gasteiger partial charge on any atom is 0.188 e. The normalized spacial score (nSPS) is 11.8. The van der Waals surface area contributed by atoms with Crippen molar-refractivity contribution in [3.8, 4) is 34.1 Å². The number of hydrogen-bond donors (Lipinski definition) is 0. The van der Waals surface area contributed by atoms with Crippen molar-refractivity contribution in [1.82, 2.24) is 18.7 Å². The van der Waals surface area contributed by atoms with Gasteiger partial charge in [-0.3, -0.25) is 0 Å². The van der Waals surface area contributed by atoms with Crippen LogP contribution in [0.15, 0.2) is 128 Å². The first-order chi connectivity index (χ1) is 23.3. The van der Waals surface area contributed by atoms with Crippen molar-refractivity contribution in [2.24, 2.45) is 0 Å². The van der Waals surface area contributed by atoms with E-state index < -0.39 is 0 Å². The van der Waals surface area contributed by atoms with Crippen LogP contribution in [0.3, 0.4) is 0 Å². The Hall–Kier alpha value is -4.99. The predicted molar refractivity (Wildman–Crippen MR) is 197 cm³/mol. The molecule has 0 aliphatic heterocycles. The first kappa shape index (κ1) is 32.6. The molecular weight excluding hydrogens is 784 g/mol. The van der Waals surface area contributed by atoms with Gasteiger partial charge in [-0.1, -0.05) is 67.9 Å². The molecule has 8 rings (SSSR count). The second-order valence-corrected chi connectivity index (χ2v) is 13.6. The molecule has 0 atom stereocenters. The summed E-state index contributed by atoms with van der Waals surface area (Å²) in [5, 5.41) is 2.24. The van der Waals surface area contributed by atoms with Crippen molar-refractivity contribution in [3.05, 3.63) is 145 Å². The van der Waals surface area contributed by atoms with Gasteiger partial charge in [0.05, 0.1) is 5.54 Å². The Balaban J connectivity index is 0.00000378. The second-order valence-electron chi connectivity index (χ2n) is 13.6. The smallest absolute Gasteiger partial charge is 0.188 e. The molecule has 0 radical (unpaired) electrons. The van der Waals surface area contributed by atoms with Gasteiger partial charge in [0.15, 0.2) is 17.4 Å². The van der Waals surface area contributed by atoms with E-state index in [1.54, 1.807) is 0 Å². The van der Waals surface area contributed by atoms with E-state index in [2.05, 4.69) is 164 Å². The number of benzene rings is 5. The van der Waals surface area contributed by atoms with Crippen LogP contribution < -0.4 is 4.74 Å². The Labute approximate surface area is 301 Å². The summed E-state index contributed by atoms with van der Waals surface area (Å²) in [5.74, 6) is 2.48. The molecule has 5 nitrogen and oxygen atoms in total. The van der Waals surface area contributed by atoms with Crippen molar-refractivity contribution in [2.75, 3.05) is 0 Å². The summed E-state index contributed by atoms with van der Waals surface area (Å²) in [7, 11) is 0. The molecule has 49 heavy (non-hydrogen) atoms. The number of pyridine rings is 1. The third kappa shape index (κ3) is 5.87. The van der Waals surface area contributed by atoms with Crippen LogP contribution >= 0.6 is 0 Å². The Kier molecular flexibility index (Phi) is 8.50. The van der Waals surface area contributed by atoms with Gasteiger partial charge in [-0.05, 0) is 79.1 Å². The van der Waals surface area contributed by atoms with Gasteiger partial charge < -0.3 is 9.30 Å². The van der Waals surface area contributed by atoms with Gasteiger partial charge in [0, 0.05) is 62.1 Å². The monoisotopic (exact) mass is 820 g/mol. The number of nitrogens with zero attached hydrogens (tertiary/aromatic N) is 4. The summed E-state index contributed by atoms with van der Waals surface area (Å²) < 4.78 is 13.2. The maximum absolute atomic E-state index is 6.49. The number of fused-ring (bicyclic) bond motifs is 4. The molecule has 0 unspecified atom stereocenters. The zero-order valence-corrected chi connectivity index (χ0v) is 30.5. The number of hydrogen-bond acceptors (Lipinski definition) is 2. The molecule has 5 aromatic carbocycles. The fourth-order valence-electron chi connectivity index (χ4n) is 6.74. The quantitative estimate of drug-likeness (QED) is 0.157. The molecule has 0 aliphatic rings. The molecule has 0 bridgehead atoms. The van der Waals surface area contributed by atoms with Gasteiger partial charge in [-0.15, -0.1) is 29.7 Å². The molecule has 3 aromatic heterocycles. The minimum atomic E-state index is -0.0754. The number of para-hydroxylation sites is 3. The van der Waals surface area contributed by atoms with E-state index in [-0.39, 0.29) is 26.6 Å². The summed E-state index contributed by atoms with van der Waals surface area (Å²) in [4.78, 5) is 4.88. The van der Waals surface area contributed by atoms with Crippen molar-refractivity contribution >= 4 is 32.8 Å². The zero-order chi connectivity index (χ0) is 33.0. The first-order valence-electron chi connectivity index (χ1n) is 16.5. The van der Waals surface area contributed by atoms with Gasteiger partial charge >= 0.3 is 0 Å². The van der Waals surface area contributed by atoms with E-state index in [9.17, 15) is 0 Å². The molecule has 8 aromatic rings. The van der Waals surface area contributed by atoms with Crippen molar-refractivity contribution in [1.29, 1.82) is 0 Å². The molecule has 0 amide bonds. The number of rotatable bonds is 6. The average molecular weight is 821 g/mol. The number of aromatic nitrogens is 4. The Morgan fingerprint density at radius 2 is 1.43 bits per heavy atom. The standard InChI is InChI=1S/C43H37N4O.Pt/c1-29(2)34-15-6-7-16-35(34)30-23-24-44-42(25-30)47-38-18-9-8-17-36(38)37-22-21-33(27-41(37)47)48-32-14-12-13-31(26-32)45-28-46(43(3,4)5)40-20-11-10-19-39(40)45;/h6-25,28-29H,1-5H3;/q-1;. The van der Waals surface area contributed by atoms with Crippen LogP contribution in [0.5, 0.6) is 11.5 Å². The predicted octanol–water partition coefficient (Wildman–Crippen LogP) is 11.1. The van der Waals surface area contributed by atoms with Crippen LogP contribution in [0.2, 0.25) is 0 Å². The average Bonchev–Trinajstić information content (AvgIpc) is 3.65. The largest absolute Gasteiger partial charge is 0.508 e. The molecule has 0 spiro atoms. The van der Waals surface area contributed by atoms with Gasteiger partial charge in [-0.2, -0.15) is 12.1 Å². The molecule has 6 heteroatoms. The molecule has 246 valence electrons. The zero-order valence-electron chi connectivity index (χ0n) is 28.2. The van der Waals surface area contributed by atoms with Crippen molar-refractivity contribution in [2.45, 2.75) is 46.1 Å². The van der Waals surface area contributed by atoms with Crippen molar-refractivity contribution in [3.63, 3.8) is 0 Å². The summed E-state index contributed by atoms with van der Waals surface area (Å²) >= 11 is 0. The van der Waals surface area contributed by atoms with Crippen LogP contribution in [0.1, 0.15) is 46.1 Å². The Morgan fingerprint density at radius 3 is 2.22 bits per heavy atom. The van der Waals surface area contributed by atoms with E-state index in [1.807, 2.05) is 24.4 Å². The Bertz CT molecular complexity index is 2470. The van der Waals surface area contributed by atoms with Crippen molar-refractivity contribution < 1.29 is 25.8 Å². The first-order valence-corrected chi connectivity index (χ1v) is 16.5. The minimum absolute atomic E-state index is 0. The van der Waals surface area contributed by atoms with Crippen LogP contribution in [-0.2, 0) is 26.6 Å².